The van der Waals surface area contributed by atoms with Gasteiger partial charge in [-0.3, -0.25) is 0 Å². The van der Waals surface area contributed by atoms with E-state index in [4.69, 9.17) is 4.42 Å². The second-order valence-corrected chi connectivity index (χ2v) is 4.46. The van der Waals surface area contributed by atoms with Crippen LogP contribution in [-0.4, -0.2) is 4.98 Å². The van der Waals surface area contributed by atoms with Gasteiger partial charge in [0, 0.05) is 16.3 Å². The summed E-state index contributed by atoms with van der Waals surface area (Å²) in [5.41, 5.74) is 0. The van der Waals surface area contributed by atoms with Crippen LogP contribution in [0.5, 0.6) is 0 Å². The van der Waals surface area contributed by atoms with E-state index in [0.717, 1.165) is 18.8 Å². The van der Waals surface area contributed by atoms with Crippen LogP contribution in [0.2, 0.25) is 0 Å². The number of thiophene rings is 1. The Balaban J connectivity index is 1.78. The minimum atomic E-state index is 0.733. The molecule has 0 saturated carbocycles. The fourth-order valence-electron chi connectivity index (χ4n) is 1.22. The molecule has 0 radical (unpaired) electrons. The van der Waals surface area contributed by atoms with Gasteiger partial charge in [-0.05, 0) is 19.1 Å². The molecule has 0 aliphatic carbocycles. The Morgan fingerprint density at radius 2 is 2.36 bits per heavy atom. The molecular formula is C10H12N2OS. The summed E-state index contributed by atoms with van der Waals surface area (Å²) in [6.45, 7) is 3.74. The van der Waals surface area contributed by atoms with Crippen LogP contribution >= 0.6 is 11.3 Å². The van der Waals surface area contributed by atoms with Gasteiger partial charge in [-0.2, -0.15) is 0 Å². The predicted octanol–water partition coefficient (Wildman–Crippen LogP) is 2.33. The average Bonchev–Trinajstić information content (AvgIpc) is 2.77. The van der Waals surface area contributed by atoms with Gasteiger partial charge in [-0.1, -0.05) is 0 Å². The largest absolute Gasteiger partial charge is 0.447 e. The van der Waals surface area contributed by atoms with Gasteiger partial charge in [-0.15, -0.1) is 11.3 Å². The Labute approximate surface area is 86.8 Å². The normalized spacial score (nSPS) is 10.6. The number of hydrogen-bond donors (Lipinski definition) is 1. The smallest absolute Gasteiger partial charge is 0.180 e. The van der Waals surface area contributed by atoms with E-state index in [1.165, 1.54) is 16.1 Å². The molecule has 0 spiro atoms. The van der Waals surface area contributed by atoms with E-state index < -0.39 is 0 Å². The lowest BCUT2D eigenvalue weighted by Crippen LogP contribution is -2.10. The topological polar surface area (TPSA) is 38.1 Å². The van der Waals surface area contributed by atoms with Crippen molar-refractivity contribution in [2.45, 2.75) is 20.0 Å². The highest BCUT2D eigenvalue weighted by atomic mass is 32.1. The SMILES string of the molecule is Cc1ccc(CNCc2cnco2)s1. The van der Waals surface area contributed by atoms with Crippen molar-refractivity contribution in [1.29, 1.82) is 0 Å². The quantitative estimate of drug-likeness (QED) is 0.838. The first kappa shape index (κ1) is 9.43. The minimum absolute atomic E-state index is 0.733. The van der Waals surface area contributed by atoms with E-state index >= 15 is 0 Å². The van der Waals surface area contributed by atoms with E-state index in [-0.39, 0.29) is 0 Å². The Bertz CT molecular complexity index is 380. The maximum atomic E-state index is 5.11. The van der Waals surface area contributed by atoms with Gasteiger partial charge in [0.15, 0.2) is 6.39 Å². The maximum Gasteiger partial charge on any atom is 0.180 e. The van der Waals surface area contributed by atoms with Gasteiger partial charge in [0.2, 0.25) is 0 Å². The molecule has 2 heterocycles. The van der Waals surface area contributed by atoms with Crippen molar-refractivity contribution in [3.8, 4) is 0 Å². The standard InChI is InChI=1S/C10H12N2OS/c1-8-2-3-10(14-8)6-11-4-9-5-12-7-13-9/h2-3,5,7,11H,4,6H2,1H3. The van der Waals surface area contributed by atoms with Crippen LogP contribution in [0.15, 0.2) is 29.1 Å². The molecule has 0 unspecified atom stereocenters. The third-order valence-corrected chi connectivity index (χ3v) is 2.88. The predicted molar refractivity (Wildman–Crippen MR) is 56.1 cm³/mol. The first-order valence-electron chi connectivity index (χ1n) is 4.48. The fraction of sp³-hybridized carbons (Fsp3) is 0.300. The van der Waals surface area contributed by atoms with Crippen LogP contribution in [-0.2, 0) is 13.1 Å². The summed E-state index contributed by atoms with van der Waals surface area (Å²) in [7, 11) is 0. The van der Waals surface area contributed by atoms with Crippen molar-refractivity contribution >= 4 is 11.3 Å². The van der Waals surface area contributed by atoms with Crippen molar-refractivity contribution < 1.29 is 4.42 Å². The van der Waals surface area contributed by atoms with E-state index in [0.29, 0.717) is 0 Å². The second-order valence-electron chi connectivity index (χ2n) is 3.08. The van der Waals surface area contributed by atoms with E-state index in [1.807, 2.05) is 11.3 Å². The molecule has 2 rings (SSSR count). The number of oxazole rings is 1. The van der Waals surface area contributed by atoms with Crippen molar-refractivity contribution in [2.75, 3.05) is 0 Å². The highest BCUT2D eigenvalue weighted by Gasteiger charge is 1.98. The number of aromatic nitrogens is 1. The summed E-state index contributed by atoms with van der Waals surface area (Å²) < 4.78 is 5.11. The lowest BCUT2D eigenvalue weighted by molar-refractivity contribution is 0.479. The minimum Gasteiger partial charge on any atom is -0.447 e. The van der Waals surface area contributed by atoms with E-state index in [9.17, 15) is 0 Å². The molecule has 1 N–H and O–H groups in total. The molecule has 0 aliphatic heterocycles. The number of nitrogens with zero attached hydrogens (tertiary/aromatic N) is 1. The third-order valence-electron chi connectivity index (χ3n) is 1.88. The molecule has 14 heavy (non-hydrogen) atoms. The molecule has 0 saturated heterocycles. The highest BCUT2D eigenvalue weighted by molar-refractivity contribution is 7.11. The van der Waals surface area contributed by atoms with Crippen LogP contribution in [0.25, 0.3) is 0 Å². The number of hydrogen-bond acceptors (Lipinski definition) is 4. The van der Waals surface area contributed by atoms with Crippen molar-refractivity contribution in [3.05, 3.63) is 40.2 Å². The molecule has 0 aliphatic rings. The highest BCUT2D eigenvalue weighted by Crippen LogP contribution is 2.14. The summed E-state index contributed by atoms with van der Waals surface area (Å²) in [5.74, 6) is 0.873. The molecule has 0 amide bonds. The number of rotatable bonds is 4. The molecule has 4 heteroatoms. The zero-order valence-electron chi connectivity index (χ0n) is 7.99. The van der Waals surface area contributed by atoms with Gasteiger partial charge in [0.05, 0.1) is 12.7 Å². The zero-order chi connectivity index (χ0) is 9.80. The first-order chi connectivity index (χ1) is 6.84. The van der Waals surface area contributed by atoms with E-state index in [1.54, 1.807) is 6.20 Å². The summed E-state index contributed by atoms with van der Waals surface area (Å²) in [6.07, 6.45) is 3.18. The fourth-order valence-corrected chi connectivity index (χ4v) is 2.08. The zero-order valence-corrected chi connectivity index (χ0v) is 8.80. The van der Waals surface area contributed by atoms with Gasteiger partial charge in [-0.25, -0.2) is 4.98 Å². The van der Waals surface area contributed by atoms with Gasteiger partial charge in [0.25, 0.3) is 0 Å². The first-order valence-corrected chi connectivity index (χ1v) is 5.29. The summed E-state index contributed by atoms with van der Waals surface area (Å²) in [4.78, 5) is 6.55. The Morgan fingerprint density at radius 1 is 1.43 bits per heavy atom. The van der Waals surface area contributed by atoms with Crippen molar-refractivity contribution in [3.63, 3.8) is 0 Å². The van der Waals surface area contributed by atoms with Crippen molar-refractivity contribution in [1.82, 2.24) is 10.3 Å². The van der Waals surface area contributed by atoms with Gasteiger partial charge in [0.1, 0.15) is 5.76 Å². The molecule has 0 aromatic carbocycles. The average molecular weight is 208 g/mol. The summed E-state index contributed by atoms with van der Waals surface area (Å²) >= 11 is 1.82. The van der Waals surface area contributed by atoms with Crippen molar-refractivity contribution in [2.24, 2.45) is 0 Å². The lowest BCUT2D eigenvalue weighted by atomic mass is 10.4. The lowest BCUT2D eigenvalue weighted by Gasteiger charge is -1.98. The van der Waals surface area contributed by atoms with Crippen LogP contribution in [0.3, 0.4) is 0 Å². The van der Waals surface area contributed by atoms with Gasteiger partial charge < -0.3 is 9.73 Å². The Hall–Kier alpha value is -1.13. The summed E-state index contributed by atoms with van der Waals surface area (Å²) in [6, 6.07) is 4.28. The van der Waals surface area contributed by atoms with Crippen LogP contribution < -0.4 is 5.32 Å². The van der Waals surface area contributed by atoms with Crippen LogP contribution in [0.1, 0.15) is 15.5 Å². The number of nitrogens with one attached hydrogen (secondary N) is 1. The molecule has 2 aromatic heterocycles. The van der Waals surface area contributed by atoms with E-state index in [2.05, 4.69) is 29.4 Å². The van der Waals surface area contributed by atoms with Crippen LogP contribution in [0, 0.1) is 6.92 Å². The summed E-state index contributed by atoms with van der Waals surface area (Å²) in [5, 5.41) is 3.29. The molecule has 2 aromatic rings. The Kier molecular flexibility index (Phi) is 2.96. The van der Waals surface area contributed by atoms with Crippen LogP contribution in [0.4, 0.5) is 0 Å². The number of aryl methyl sites for hydroxylation is 1. The molecule has 0 atom stereocenters. The second kappa shape index (κ2) is 4.39. The third kappa shape index (κ3) is 2.43. The Morgan fingerprint density at radius 3 is 3.00 bits per heavy atom. The molecule has 0 fully saturated rings. The monoisotopic (exact) mass is 208 g/mol. The molecule has 3 nitrogen and oxygen atoms in total. The van der Waals surface area contributed by atoms with Gasteiger partial charge >= 0.3 is 0 Å². The molecule has 74 valence electrons. The maximum absolute atomic E-state index is 5.11. The molecule has 0 bridgehead atoms. The molecular weight excluding hydrogens is 196 g/mol.